The highest BCUT2D eigenvalue weighted by Gasteiger charge is 2.08. The fraction of sp³-hybridized carbons (Fsp3) is 0.200. The second-order valence-electron chi connectivity index (χ2n) is 7.18. The van der Waals surface area contributed by atoms with Gasteiger partial charge in [-0.05, 0) is 60.4 Å². The molecule has 0 atom stereocenters. The predicted octanol–water partition coefficient (Wildman–Crippen LogP) is 5.24. The Kier molecular flexibility index (Phi) is 7.68. The average molecular weight is 437 g/mol. The number of rotatable bonds is 8. The Labute approximate surface area is 187 Å². The van der Waals surface area contributed by atoms with Gasteiger partial charge in [-0.3, -0.25) is 4.79 Å². The van der Waals surface area contributed by atoms with Crippen LogP contribution in [-0.4, -0.2) is 19.2 Å². The van der Waals surface area contributed by atoms with E-state index in [1.165, 1.54) is 5.56 Å². The molecule has 0 aromatic heterocycles. The molecule has 0 aliphatic carbocycles. The summed E-state index contributed by atoms with van der Waals surface area (Å²) in [5, 5.41) is 4.70. The van der Waals surface area contributed by atoms with Crippen LogP contribution in [0.5, 0.6) is 11.5 Å². The van der Waals surface area contributed by atoms with Gasteiger partial charge in [-0.2, -0.15) is 5.10 Å². The molecule has 0 spiro atoms. The number of nitrogens with zero attached hydrogens (tertiary/aromatic N) is 1. The minimum absolute atomic E-state index is 0.175. The van der Waals surface area contributed by atoms with Crippen LogP contribution in [0, 0.1) is 13.8 Å². The number of benzene rings is 3. The number of amides is 1. The largest absolute Gasteiger partial charge is 0.493 e. The van der Waals surface area contributed by atoms with Crippen LogP contribution >= 0.6 is 11.6 Å². The maximum absolute atomic E-state index is 12.1. The Hall–Kier alpha value is -3.31. The van der Waals surface area contributed by atoms with E-state index >= 15 is 0 Å². The predicted molar refractivity (Wildman–Crippen MR) is 124 cm³/mol. The van der Waals surface area contributed by atoms with Crippen molar-refractivity contribution in [1.82, 2.24) is 5.43 Å². The standard InChI is InChI=1S/C25H25ClN2O3/c1-17-8-9-19(12-18(17)2)14-25(29)28-27-15-20-10-11-23(24(13-20)30-3)31-16-21-6-4-5-7-22(21)26/h4-13,15H,14,16H2,1-3H3,(H,28,29)/b27-15-. The minimum Gasteiger partial charge on any atom is -0.493 e. The molecule has 0 saturated heterocycles. The third-order valence-electron chi connectivity index (χ3n) is 4.87. The SMILES string of the molecule is COc1cc(/C=N\NC(=O)Cc2ccc(C)c(C)c2)ccc1OCc1ccccc1Cl. The number of hydrogen-bond donors (Lipinski definition) is 1. The summed E-state index contributed by atoms with van der Waals surface area (Å²) in [6.07, 6.45) is 1.84. The number of carbonyl (C=O) groups is 1. The topological polar surface area (TPSA) is 59.9 Å². The van der Waals surface area contributed by atoms with Gasteiger partial charge in [-0.25, -0.2) is 5.43 Å². The molecule has 0 heterocycles. The number of halogens is 1. The van der Waals surface area contributed by atoms with Crippen molar-refractivity contribution in [3.63, 3.8) is 0 Å². The van der Waals surface area contributed by atoms with Gasteiger partial charge >= 0.3 is 0 Å². The molecule has 0 bridgehead atoms. The van der Waals surface area contributed by atoms with Crippen molar-refractivity contribution < 1.29 is 14.3 Å². The zero-order valence-electron chi connectivity index (χ0n) is 17.8. The molecule has 5 nitrogen and oxygen atoms in total. The van der Waals surface area contributed by atoms with Gasteiger partial charge in [0.05, 0.1) is 19.7 Å². The molecule has 0 unspecified atom stereocenters. The van der Waals surface area contributed by atoms with Gasteiger partial charge < -0.3 is 9.47 Å². The number of nitrogens with one attached hydrogen (secondary N) is 1. The van der Waals surface area contributed by atoms with Crippen molar-refractivity contribution in [1.29, 1.82) is 0 Å². The molecule has 3 aromatic rings. The highest BCUT2D eigenvalue weighted by molar-refractivity contribution is 6.31. The van der Waals surface area contributed by atoms with E-state index in [2.05, 4.69) is 10.5 Å². The second-order valence-corrected chi connectivity index (χ2v) is 7.59. The van der Waals surface area contributed by atoms with E-state index in [-0.39, 0.29) is 12.3 Å². The summed E-state index contributed by atoms with van der Waals surface area (Å²) < 4.78 is 11.3. The molecule has 31 heavy (non-hydrogen) atoms. The number of aryl methyl sites for hydroxylation is 2. The lowest BCUT2D eigenvalue weighted by Gasteiger charge is -2.12. The van der Waals surface area contributed by atoms with Crippen molar-refractivity contribution in [3.05, 3.63) is 93.5 Å². The quantitative estimate of drug-likeness (QED) is 0.388. The summed E-state index contributed by atoms with van der Waals surface area (Å²) in [4.78, 5) is 12.1. The first-order chi connectivity index (χ1) is 15.0. The summed E-state index contributed by atoms with van der Waals surface area (Å²) in [5.41, 5.74) is 7.55. The van der Waals surface area contributed by atoms with Crippen LogP contribution in [0.4, 0.5) is 0 Å². The Morgan fingerprint density at radius 3 is 2.58 bits per heavy atom. The number of hydrogen-bond acceptors (Lipinski definition) is 4. The maximum atomic E-state index is 12.1. The van der Waals surface area contributed by atoms with E-state index in [0.29, 0.717) is 23.1 Å². The van der Waals surface area contributed by atoms with E-state index in [0.717, 1.165) is 22.3 Å². The first-order valence-electron chi connectivity index (χ1n) is 9.88. The molecule has 3 aromatic carbocycles. The summed E-state index contributed by atoms with van der Waals surface area (Å²) in [7, 11) is 1.57. The van der Waals surface area contributed by atoms with Gasteiger partial charge in [0.1, 0.15) is 6.61 Å². The summed E-state index contributed by atoms with van der Waals surface area (Å²) >= 11 is 6.17. The van der Waals surface area contributed by atoms with Gasteiger partial charge in [0, 0.05) is 10.6 Å². The van der Waals surface area contributed by atoms with Crippen molar-refractivity contribution >= 4 is 23.7 Å². The number of ether oxygens (including phenoxy) is 2. The molecule has 160 valence electrons. The normalized spacial score (nSPS) is 10.8. The van der Waals surface area contributed by atoms with E-state index < -0.39 is 0 Å². The van der Waals surface area contributed by atoms with Gasteiger partial charge in [-0.15, -0.1) is 0 Å². The average Bonchev–Trinajstić information content (AvgIpc) is 2.76. The Morgan fingerprint density at radius 1 is 1.03 bits per heavy atom. The molecular formula is C25H25ClN2O3. The van der Waals surface area contributed by atoms with E-state index in [4.69, 9.17) is 21.1 Å². The Morgan fingerprint density at radius 2 is 1.84 bits per heavy atom. The smallest absolute Gasteiger partial charge is 0.244 e. The Bertz CT molecular complexity index is 1100. The van der Waals surface area contributed by atoms with Crippen LogP contribution in [0.3, 0.4) is 0 Å². The van der Waals surface area contributed by atoms with Crippen LogP contribution in [0.1, 0.15) is 27.8 Å². The molecule has 0 radical (unpaired) electrons. The number of methoxy groups -OCH3 is 1. The molecular weight excluding hydrogens is 412 g/mol. The third-order valence-corrected chi connectivity index (χ3v) is 5.24. The molecule has 0 fully saturated rings. The molecule has 0 aliphatic rings. The van der Waals surface area contributed by atoms with Crippen LogP contribution in [0.2, 0.25) is 5.02 Å². The third kappa shape index (κ3) is 6.33. The molecule has 6 heteroatoms. The fourth-order valence-corrected chi connectivity index (χ4v) is 3.16. The zero-order valence-corrected chi connectivity index (χ0v) is 18.6. The number of hydrazone groups is 1. The van der Waals surface area contributed by atoms with Crippen LogP contribution in [0.15, 0.2) is 65.8 Å². The van der Waals surface area contributed by atoms with Crippen molar-refractivity contribution in [2.24, 2.45) is 5.10 Å². The first-order valence-corrected chi connectivity index (χ1v) is 10.3. The molecule has 0 saturated carbocycles. The van der Waals surface area contributed by atoms with Gasteiger partial charge in [0.15, 0.2) is 11.5 Å². The van der Waals surface area contributed by atoms with Crippen LogP contribution in [-0.2, 0) is 17.8 Å². The lowest BCUT2D eigenvalue weighted by molar-refractivity contribution is -0.120. The lowest BCUT2D eigenvalue weighted by atomic mass is 10.0. The van der Waals surface area contributed by atoms with Crippen molar-refractivity contribution in [2.45, 2.75) is 26.9 Å². The van der Waals surface area contributed by atoms with Gasteiger partial charge in [0.25, 0.3) is 0 Å². The van der Waals surface area contributed by atoms with Crippen molar-refractivity contribution in [2.75, 3.05) is 7.11 Å². The Balaban J connectivity index is 1.58. The van der Waals surface area contributed by atoms with Gasteiger partial charge in [0.2, 0.25) is 5.91 Å². The number of carbonyl (C=O) groups excluding carboxylic acids is 1. The van der Waals surface area contributed by atoms with E-state index in [1.54, 1.807) is 25.5 Å². The second kappa shape index (κ2) is 10.6. The summed E-state index contributed by atoms with van der Waals surface area (Å²) in [6, 6.07) is 18.9. The highest BCUT2D eigenvalue weighted by atomic mass is 35.5. The van der Waals surface area contributed by atoms with E-state index in [9.17, 15) is 4.79 Å². The monoisotopic (exact) mass is 436 g/mol. The zero-order chi connectivity index (χ0) is 22.2. The molecule has 1 N–H and O–H groups in total. The molecule has 1 amide bonds. The van der Waals surface area contributed by atoms with Crippen LogP contribution in [0.25, 0.3) is 0 Å². The molecule has 3 rings (SSSR count). The van der Waals surface area contributed by atoms with Crippen molar-refractivity contribution in [3.8, 4) is 11.5 Å². The summed E-state index contributed by atoms with van der Waals surface area (Å²) in [5.74, 6) is 0.988. The minimum atomic E-state index is -0.175. The lowest BCUT2D eigenvalue weighted by Crippen LogP contribution is -2.19. The van der Waals surface area contributed by atoms with Crippen LogP contribution < -0.4 is 14.9 Å². The van der Waals surface area contributed by atoms with E-state index in [1.807, 2.05) is 62.4 Å². The maximum Gasteiger partial charge on any atom is 0.244 e. The summed E-state index contributed by atoms with van der Waals surface area (Å²) in [6.45, 7) is 4.41. The first kappa shape index (κ1) is 22.4. The fourth-order valence-electron chi connectivity index (χ4n) is 2.97. The van der Waals surface area contributed by atoms with Gasteiger partial charge in [-0.1, -0.05) is 48.0 Å². The highest BCUT2D eigenvalue weighted by Crippen LogP contribution is 2.29. The molecule has 0 aliphatic heterocycles.